The van der Waals surface area contributed by atoms with Crippen molar-refractivity contribution in [2.24, 2.45) is 4.99 Å². The number of hydrogen-bond donors (Lipinski definition) is 3. The first-order valence-corrected chi connectivity index (χ1v) is 9.67. The largest absolute Gasteiger partial charge is 0.393 e. The second kappa shape index (κ2) is 12.8. The van der Waals surface area contributed by atoms with Crippen LogP contribution in [0.1, 0.15) is 39.0 Å². The van der Waals surface area contributed by atoms with Crippen LogP contribution in [0.15, 0.2) is 40.2 Å². The lowest BCUT2D eigenvalue weighted by Gasteiger charge is -2.27. The summed E-state index contributed by atoms with van der Waals surface area (Å²) in [7, 11) is 0. The van der Waals surface area contributed by atoms with Crippen LogP contribution in [0.2, 0.25) is 0 Å². The van der Waals surface area contributed by atoms with Crippen LogP contribution in [-0.2, 0) is 0 Å². The Balaban J connectivity index is 0.00000288. The van der Waals surface area contributed by atoms with E-state index in [1.54, 1.807) is 0 Å². The Labute approximate surface area is 167 Å². The Morgan fingerprint density at radius 3 is 2.58 bits per heavy atom. The quantitative estimate of drug-likeness (QED) is 0.190. The molecule has 1 saturated carbocycles. The molecule has 0 heterocycles. The summed E-state index contributed by atoms with van der Waals surface area (Å²) in [4.78, 5) is 6.00. The number of aliphatic hydroxyl groups excluding tert-OH is 1. The number of aliphatic imine (C=N–C) groups is 1. The summed E-state index contributed by atoms with van der Waals surface area (Å²) in [5, 5.41) is 16.4. The highest BCUT2D eigenvalue weighted by atomic mass is 127. The Kier molecular flexibility index (Phi) is 11.5. The highest BCUT2D eigenvalue weighted by Gasteiger charge is 2.19. The Morgan fingerprint density at radius 2 is 1.92 bits per heavy atom. The van der Waals surface area contributed by atoms with Crippen LogP contribution in [0.3, 0.4) is 0 Å². The number of nitrogens with one attached hydrogen (secondary N) is 2. The van der Waals surface area contributed by atoms with Gasteiger partial charge in [0.25, 0.3) is 0 Å². The van der Waals surface area contributed by atoms with E-state index in [-0.39, 0.29) is 30.1 Å². The molecule has 0 saturated heterocycles. The van der Waals surface area contributed by atoms with Gasteiger partial charge in [-0.3, -0.25) is 4.99 Å². The van der Waals surface area contributed by atoms with Crippen molar-refractivity contribution in [1.29, 1.82) is 0 Å². The zero-order valence-electron chi connectivity index (χ0n) is 14.4. The number of guanidine groups is 1. The fourth-order valence-corrected chi connectivity index (χ4v) is 3.55. The number of thioether (sulfide) groups is 1. The van der Waals surface area contributed by atoms with E-state index in [2.05, 4.69) is 46.8 Å². The molecule has 0 aliphatic heterocycles. The fourth-order valence-electron chi connectivity index (χ4n) is 2.70. The minimum absolute atomic E-state index is 0. The van der Waals surface area contributed by atoms with Crippen molar-refractivity contribution in [3.8, 4) is 0 Å². The van der Waals surface area contributed by atoms with E-state index < -0.39 is 0 Å². The van der Waals surface area contributed by atoms with Crippen LogP contribution in [-0.4, -0.2) is 42.1 Å². The Hall–Kier alpha value is -0.470. The predicted molar refractivity (Wildman–Crippen MR) is 115 cm³/mol. The molecule has 0 aromatic heterocycles. The van der Waals surface area contributed by atoms with Gasteiger partial charge in [0.2, 0.25) is 0 Å². The first kappa shape index (κ1) is 21.6. The molecule has 24 heavy (non-hydrogen) atoms. The van der Waals surface area contributed by atoms with Gasteiger partial charge in [0.1, 0.15) is 0 Å². The Morgan fingerprint density at radius 1 is 1.21 bits per heavy atom. The highest BCUT2D eigenvalue weighted by molar-refractivity contribution is 14.0. The third kappa shape index (κ3) is 8.58. The fraction of sp³-hybridized carbons (Fsp3) is 0.611. The van der Waals surface area contributed by atoms with Crippen molar-refractivity contribution < 1.29 is 5.11 Å². The first-order chi connectivity index (χ1) is 11.3. The summed E-state index contributed by atoms with van der Waals surface area (Å²) >= 11 is 1.88. The molecule has 1 fully saturated rings. The first-order valence-electron chi connectivity index (χ1n) is 8.68. The molecular formula is C18H30IN3OS. The zero-order chi connectivity index (χ0) is 16.3. The molecule has 1 aromatic rings. The van der Waals surface area contributed by atoms with Crippen molar-refractivity contribution in [1.82, 2.24) is 10.6 Å². The minimum Gasteiger partial charge on any atom is -0.393 e. The summed E-state index contributed by atoms with van der Waals surface area (Å²) in [5.74, 6) is 2.00. The predicted octanol–water partition coefficient (Wildman–Crippen LogP) is 3.65. The number of halogens is 1. The smallest absolute Gasteiger partial charge is 0.191 e. The molecule has 0 spiro atoms. The molecule has 136 valence electrons. The van der Waals surface area contributed by atoms with Crippen molar-refractivity contribution in [3.63, 3.8) is 0 Å². The summed E-state index contributed by atoms with van der Waals surface area (Å²) < 4.78 is 0. The average Bonchev–Trinajstić information content (AvgIpc) is 2.57. The van der Waals surface area contributed by atoms with Gasteiger partial charge in [0, 0.05) is 24.0 Å². The van der Waals surface area contributed by atoms with Gasteiger partial charge in [-0.15, -0.1) is 35.7 Å². The van der Waals surface area contributed by atoms with Gasteiger partial charge in [-0.2, -0.15) is 0 Å². The van der Waals surface area contributed by atoms with Crippen LogP contribution in [0.25, 0.3) is 0 Å². The van der Waals surface area contributed by atoms with Crippen molar-refractivity contribution >= 4 is 41.7 Å². The molecule has 0 unspecified atom stereocenters. The third-order valence-electron chi connectivity index (χ3n) is 3.97. The van der Waals surface area contributed by atoms with Crippen LogP contribution in [0.4, 0.5) is 0 Å². The highest BCUT2D eigenvalue weighted by Crippen LogP contribution is 2.19. The summed E-state index contributed by atoms with van der Waals surface area (Å²) in [6, 6.07) is 10.9. The van der Waals surface area contributed by atoms with E-state index in [4.69, 9.17) is 0 Å². The van der Waals surface area contributed by atoms with Gasteiger partial charge in [-0.05, 0) is 56.9 Å². The van der Waals surface area contributed by atoms with E-state index in [9.17, 15) is 5.11 Å². The maximum absolute atomic E-state index is 9.58. The van der Waals surface area contributed by atoms with E-state index in [0.717, 1.165) is 56.9 Å². The van der Waals surface area contributed by atoms with Gasteiger partial charge >= 0.3 is 0 Å². The molecule has 4 nitrogen and oxygen atoms in total. The monoisotopic (exact) mass is 463 g/mol. The summed E-state index contributed by atoms with van der Waals surface area (Å²) in [6.45, 7) is 3.80. The second-order valence-electron chi connectivity index (χ2n) is 5.93. The molecule has 1 aromatic carbocycles. The minimum atomic E-state index is -0.109. The van der Waals surface area contributed by atoms with E-state index in [1.165, 1.54) is 4.90 Å². The molecule has 0 atom stereocenters. The van der Waals surface area contributed by atoms with E-state index in [1.807, 2.05) is 17.8 Å². The van der Waals surface area contributed by atoms with Gasteiger partial charge in [0.05, 0.1) is 6.10 Å². The van der Waals surface area contributed by atoms with Crippen LogP contribution in [0.5, 0.6) is 0 Å². The average molecular weight is 463 g/mol. The van der Waals surface area contributed by atoms with Crippen molar-refractivity contribution in [2.45, 2.75) is 56.1 Å². The van der Waals surface area contributed by atoms with Gasteiger partial charge < -0.3 is 15.7 Å². The molecule has 0 bridgehead atoms. The molecule has 6 heteroatoms. The van der Waals surface area contributed by atoms with Crippen LogP contribution >= 0.6 is 35.7 Å². The number of aliphatic hydroxyl groups is 1. The summed E-state index contributed by atoms with van der Waals surface area (Å²) in [6.07, 6.45) is 4.79. The van der Waals surface area contributed by atoms with Crippen molar-refractivity contribution in [3.05, 3.63) is 30.3 Å². The molecule has 3 N–H and O–H groups in total. The SMILES string of the molecule is CCNC(=NCCCSc1ccccc1)NC1CCC(O)CC1.I. The topological polar surface area (TPSA) is 56.7 Å². The maximum atomic E-state index is 9.58. The van der Waals surface area contributed by atoms with Gasteiger partial charge in [0.15, 0.2) is 5.96 Å². The van der Waals surface area contributed by atoms with Gasteiger partial charge in [-0.25, -0.2) is 0 Å². The molecule has 2 rings (SSSR count). The van der Waals surface area contributed by atoms with Crippen LogP contribution < -0.4 is 10.6 Å². The summed E-state index contributed by atoms with van der Waals surface area (Å²) in [5.41, 5.74) is 0. The normalized spacial score (nSPS) is 21.0. The molecular weight excluding hydrogens is 433 g/mol. The van der Waals surface area contributed by atoms with Crippen molar-refractivity contribution in [2.75, 3.05) is 18.8 Å². The van der Waals surface area contributed by atoms with Crippen LogP contribution in [0, 0.1) is 0 Å². The molecule has 1 aliphatic carbocycles. The van der Waals surface area contributed by atoms with Gasteiger partial charge in [-0.1, -0.05) is 18.2 Å². The number of hydrogen-bond acceptors (Lipinski definition) is 3. The molecule has 1 aliphatic rings. The lowest BCUT2D eigenvalue weighted by Crippen LogP contribution is -2.45. The number of nitrogens with zero attached hydrogens (tertiary/aromatic N) is 1. The lowest BCUT2D eigenvalue weighted by atomic mass is 9.93. The molecule has 0 amide bonds. The standard InChI is InChI=1S/C18H29N3OS.HI/c1-2-19-18(21-15-9-11-16(22)12-10-15)20-13-6-14-23-17-7-4-3-5-8-17;/h3-5,7-8,15-16,22H,2,6,9-14H2,1H3,(H2,19,20,21);1H. The zero-order valence-corrected chi connectivity index (χ0v) is 17.6. The Bertz CT molecular complexity index is 465. The second-order valence-corrected chi connectivity index (χ2v) is 7.09. The lowest BCUT2D eigenvalue weighted by molar-refractivity contribution is 0.120. The number of rotatable bonds is 7. The van der Waals surface area contributed by atoms with E-state index in [0.29, 0.717) is 6.04 Å². The molecule has 0 radical (unpaired) electrons. The number of benzene rings is 1. The third-order valence-corrected chi connectivity index (χ3v) is 5.06. The maximum Gasteiger partial charge on any atom is 0.191 e. The van der Waals surface area contributed by atoms with E-state index >= 15 is 0 Å².